The van der Waals surface area contributed by atoms with Crippen LogP contribution in [0.5, 0.6) is 11.5 Å². The lowest BCUT2D eigenvalue weighted by Gasteiger charge is -2.21. The highest BCUT2D eigenvalue weighted by Crippen LogP contribution is 2.31. The van der Waals surface area contributed by atoms with Crippen LogP contribution in [0.1, 0.15) is 21.6 Å². The van der Waals surface area contributed by atoms with Gasteiger partial charge in [0.1, 0.15) is 13.2 Å². The molecular weight excluding hydrogens is 384 g/mol. The van der Waals surface area contributed by atoms with Crippen molar-refractivity contribution in [3.63, 3.8) is 0 Å². The molecule has 0 bridgehead atoms. The number of amides is 1. The molecule has 0 radical (unpaired) electrons. The summed E-state index contributed by atoms with van der Waals surface area (Å²) in [6, 6.07) is 14.6. The van der Waals surface area contributed by atoms with E-state index in [1.54, 1.807) is 13.1 Å². The van der Waals surface area contributed by atoms with Crippen molar-refractivity contribution in [2.24, 2.45) is 0 Å². The Hall–Kier alpha value is -3.61. The zero-order valence-electron chi connectivity index (χ0n) is 16.9. The number of nitrogens with zero attached hydrogens (tertiary/aromatic N) is 2. The molecule has 0 unspecified atom stereocenters. The Bertz CT molecular complexity index is 1110. The Morgan fingerprint density at radius 3 is 2.67 bits per heavy atom. The van der Waals surface area contributed by atoms with Crippen LogP contribution in [0.4, 0.5) is 0 Å². The van der Waals surface area contributed by atoms with Gasteiger partial charge in [-0.3, -0.25) is 9.78 Å². The van der Waals surface area contributed by atoms with E-state index >= 15 is 0 Å². The topological polar surface area (TPSA) is 78.0 Å². The van der Waals surface area contributed by atoms with Crippen molar-refractivity contribution >= 4 is 22.8 Å². The fourth-order valence-electron chi connectivity index (χ4n) is 3.34. The Balaban J connectivity index is 1.39. The molecule has 0 saturated carbocycles. The number of para-hydroxylation sites is 1. The summed E-state index contributed by atoms with van der Waals surface area (Å²) in [4.78, 5) is 31.0. The molecule has 0 aliphatic carbocycles. The maximum absolute atomic E-state index is 12.6. The molecule has 0 atom stereocenters. The van der Waals surface area contributed by atoms with Gasteiger partial charge in [0.05, 0.1) is 11.1 Å². The molecule has 0 spiro atoms. The first-order valence-electron chi connectivity index (χ1n) is 9.67. The van der Waals surface area contributed by atoms with Crippen LogP contribution in [0.3, 0.4) is 0 Å². The second kappa shape index (κ2) is 8.41. The number of ether oxygens (including phenoxy) is 3. The molecule has 7 nitrogen and oxygen atoms in total. The fraction of sp³-hybridized carbons (Fsp3) is 0.261. The molecule has 0 fully saturated rings. The molecule has 1 aliphatic heterocycles. The number of hydrogen-bond donors (Lipinski definition) is 0. The Kier molecular flexibility index (Phi) is 5.52. The van der Waals surface area contributed by atoms with E-state index in [4.69, 9.17) is 14.2 Å². The van der Waals surface area contributed by atoms with Crippen molar-refractivity contribution in [1.29, 1.82) is 0 Å². The number of rotatable bonds is 5. The molecule has 30 heavy (non-hydrogen) atoms. The molecule has 1 aliphatic rings. The van der Waals surface area contributed by atoms with Gasteiger partial charge in [0, 0.05) is 24.7 Å². The van der Waals surface area contributed by atoms with Crippen molar-refractivity contribution in [3.8, 4) is 11.5 Å². The highest BCUT2D eigenvalue weighted by Gasteiger charge is 2.18. The molecule has 1 aromatic heterocycles. The van der Waals surface area contributed by atoms with Crippen molar-refractivity contribution in [3.05, 3.63) is 65.4 Å². The van der Waals surface area contributed by atoms with Gasteiger partial charge in [-0.2, -0.15) is 0 Å². The maximum atomic E-state index is 12.6. The van der Waals surface area contributed by atoms with Crippen LogP contribution in [0, 0.1) is 6.92 Å². The second-order valence-electron chi connectivity index (χ2n) is 7.13. The minimum atomic E-state index is -0.544. The summed E-state index contributed by atoms with van der Waals surface area (Å²) in [5, 5.41) is 0.699. The summed E-state index contributed by atoms with van der Waals surface area (Å²) in [5.41, 5.74) is 2.73. The smallest absolute Gasteiger partial charge is 0.339 e. The zero-order chi connectivity index (χ0) is 21.1. The highest BCUT2D eigenvalue weighted by atomic mass is 16.6. The predicted molar refractivity (Wildman–Crippen MR) is 111 cm³/mol. The first-order chi connectivity index (χ1) is 14.5. The molecular formula is C23H22N2O5. The average molecular weight is 406 g/mol. The number of aromatic nitrogens is 1. The van der Waals surface area contributed by atoms with E-state index in [0.29, 0.717) is 53.4 Å². The number of pyridine rings is 1. The quantitative estimate of drug-likeness (QED) is 0.606. The number of aryl methyl sites for hydroxylation is 1. The van der Waals surface area contributed by atoms with Crippen LogP contribution in [0.2, 0.25) is 0 Å². The molecule has 0 N–H and O–H groups in total. The second-order valence-corrected chi connectivity index (χ2v) is 7.13. The first-order valence-corrected chi connectivity index (χ1v) is 9.67. The number of fused-ring (bicyclic) bond motifs is 2. The molecule has 0 saturated heterocycles. The monoisotopic (exact) mass is 406 g/mol. The van der Waals surface area contributed by atoms with E-state index in [1.165, 1.54) is 4.90 Å². The molecule has 2 aromatic carbocycles. The molecule has 7 heteroatoms. The highest BCUT2D eigenvalue weighted by molar-refractivity contribution is 6.04. The van der Waals surface area contributed by atoms with Crippen LogP contribution >= 0.6 is 0 Å². The molecule has 4 rings (SSSR count). The minimum absolute atomic E-state index is 0.298. The normalized spacial score (nSPS) is 12.5. The van der Waals surface area contributed by atoms with Gasteiger partial charge in [0.2, 0.25) is 0 Å². The lowest BCUT2D eigenvalue weighted by atomic mass is 10.1. The predicted octanol–water partition coefficient (Wildman–Crippen LogP) is 3.13. The van der Waals surface area contributed by atoms with E-state index < -0.39 is 5.97 Å². The summed E-state index contributed by atoms with van der Waals surface area (Å²) < 4.78 is 16.4. The van der Waals surface area contributed by atoms with Gasteiger partial charge >= 0.3 is 5.97 Å². The molecule has 2 heterocycles. The van der Waals surface area contributed by atoms with Gasteiger partial charge in [-0.05, 0) is 36.8 Å². The van der Waals surface area contributed by atoms with Gasteiger partial charge < -0.3 is 19.1 Å². The molecule has 3 aromatic rings. The molecule has 154 valence electrons. The number of carbonyl (C=O) groups excluding carboxylic acids is 2. The van der Waals surface area contributed by atoms with Crippen molar-refractivity contribution in [1.82, 2.24) is 9.88 Å². The average Bonchev–Trinajstić information content (AvgIpc) is 2.76. The van der Waals surface area contributed by atoms with Crippen molar-refractivity contribution in [2.45, 2.75) is 13.5 Å². The first kappa shape index (κ1) is 19.7. The molecule has 1 amide bonds. The van der Waals surface area contributed by atoms with Gasteiger partial charge in [-0.15, -0.1) is 0 Å². The van der Waals surface area contributed by atoms with E-state index in [-0.39, 0.29) is 12.5 Å². The summed E-state index contributed by atoms with van der Waals surface area (Å²) in [5.74, 6) is 0.532. The van der Waals surface area contributed by atoms with Crippen LogP contribution < -0.4 is 9.47 Å². The largest absolute Gasteiger partial charge is 0.486 e. The Morgan fingerprint density at radius 2 is 1.83 bits per heavy atom. The number of esters is 1. The fourth-order valence-corrected chi connectivity index (χ4v) is 3.34. The Morgan fingerprint density at radius 1 is 1.07 bits per heavy atom. The van der Waals surface area contributed by atoms with Crippen LogP contribution in [0.25, 0.3) is 10.9 Å². The lowest BCUT2D eigenvalue weighted by Crippen LogP contribution is -2.31. The van der Waals surface area contributed by atoms with Crippen molar-refractivity contribution in [2.75, 3.05) is 26.9 Å². The summed E-state index contributed by atoms with van der Waals surface area (Å²) in [7, 11) is 1.67. The third-order valence-corrected chi connectivity index (χ3v) is 4.84. The van der Waals surface area contributed by atoms with Crippen LogP contribution in [-0.2, 0) is 16.1 Å². The minimum Gasteiger partial charge on any atom is -0.486 e. The van der Waals surface area contributed by atoms with Crippen LogP contribution in [-0.4, -0.2) is 48.6 Å². The van der Waals surface area contributed by atoms with Crippen LogP contribution in [0.15, 0.2) is 48.5 Å². The summed E-state index contributed by atoms with van der Waals surface area (Å²) >= 11 is 0. The van der Waals surface area contributed by atoms with E-state index in [9.17, 15) is 9.59 Å². The van der Waals surface area contributed by atoms with E-state index in [1.807, 2.05) is 49.4 Å². The third-order valence-electron chi connectivity index (χ3n) is 4.84. The maximum Gasteiger partial charge on any atom is 0.339 e. The summed E-state index contributed by atoms with van der Waals surface area (Å²) in [6.07, 6.45) is 0. The zero-order valence-corrected chi connectivity index (χ0v) is 16.9. The van der Waals surface area contributed by atoms with Gasteiger partial charge in [0.25, 0.3) is 5.91 Å². The van der Waals surface area contributed by atoms with Crippen molar-refractivity contribution < 1.29 is 23.8 Å². The van der Waals surface area contributed by atoms with E-state index in [0.717, 1.165) is 5.56 Å². The number of hydrogen-bond acceptors (Lipinski definition) is 6. The number of benzene rings is 2. The SMILES string of the molecule is Cc1cc(C(=O)OCC(=O)N(C)Cc2ccc3c(c2)OCCO3)c2ccccc2n1. The van der Waals surface area contributed by atoms with Gasteiger partial charge in [-0.1, -0.05) is 24.3 Å². The Labute approximate surface area is 174 Å². The summed E-state index contributed by atoms with van der Waals surface area (Å²) in [6.45, 7) is 2.88. The lowest BCUT2D eigenvalue weighted by molar-refractivity contribution is -0.133. The van der Waals surface area contributed by atoms with Gasteiger partial charge in [-0.25, -0.2) is 4.79 Å². The number of likely N-dealkylation sites (N-methyl/N-ethyl adjacent to an activating group) is 1. The van der Waals surface area contributed by atoms with E-state index in [2.05, 4.69) is 4.98 Å². The van der Waals surface area contributed by atoms with Gasteiger partial charge in [0.15, 0.2) is 18.1 Å². The third kappa shape index (κ3) is 4.20. The number of carbonyl (C=O) groups is 2. The standard InChI is InChI=1S/C23H22N2O5/c1-15-11-18(17-5-3-4-6-19(17)24-15)23(27)30-14-22(26)25(2)13-16-7-8-20-21(12-16)29-10-9-28-20/h3-8,11-12H,9-10,13-14H2,1-2H3.